The van der Waals surface area contributed by atoms with E-state index in [2.05, 4.69) is 21.2 Å². The Labute approximate surface area is 198 Å². The zero-order chi connectivity index (χ0) is 24.2. The van der Waals surface area contributed by atoms with E-state index in [0.29, 0.717) is 47.0 Å². The first kappa shape index (κ1) is 23.2. The van der Waals surface area contributed by atoms with Crippen molar-refractivity contribution in [3.8, 4) is 11.8 Å². The molecule has 0 radical (unpaired) electrons. The summed E-state index contributed by atoms with van der Waals surface area (Å²) >= 11 is 0. The summed E-state index contributed by atoms with van der Waals surface area (Å²) in [5.74, 6) is 0.474. The second kappa shape index (κ2) is 9.87. The molecule has 0 saturated carbocycles. The number of nitrogens with zero attached hydrogens (tertiary/aromatic N) is 4. The van der Waals surface area contributed by atoms with E-state index in [9.17, 15) is 5.26 Å². The lowest BCUT2D eigenvalue weighted by atomic mass is 9.98. The van der Waals surface area contributed by atoms with Crippen LogP contribution in [0.25, 0.3) is 0 Å². The minimum atomic E-state index is -0.754. The van der Waals surface area contributed by atoms with Crippen molar-refractivity contribution in [3.05, 3.63) is 76.1 Å². The Morgan fingerprint density at radius 2 is 1.97 bits per heavy atom. The van der Waals surface area contributed by atoms with Gasteiger partial charge in [-0.15, -0.1) is 0 Å². The van der Waals surface area contributed by atoms with Crippen LogP contribution in [0.15, 0.2) is 42.6 Å². The van der Waals surface area contributed by atoms with Gasteiger partial charge in [0, 0.05) is 41.2 Å². The number of nitrogens with one attached hydrogen (secondary N) is 1. The Morgan fingerprint density at radius 3 is 2.68 bits per heavy atom. The van der Waals surface area contributed by atoms with Gasteiger partial charge in [0.1, 0.15) is 5.75 Å². The molecule has 2 aromatic carbocycles. The van der Waals surface area contributed by atoms with Crippen LogP contribution in [0.3, 0.4) is 0 Å². The van der Waals surface area contributed by atoms with Gasteiger partial charge in [-0.25, -0.2) is 0 Å². The van der Waals surface area contributed by atoms with Gasteiger partial charge >= 0.3 is 0 Å². The molecule has 0 unspecified atom stereocenters. The van der Waals surface area contributed by atoms with Crippen molar-refractivity contribution < 1.29 is 9.47 Å². The van der Waals surface area contributed by atoms with Gasteiger partial charge in [-0.1, -0.05) is 0 Å². The van der Waals surface area contributed by atoms with E-state index in [1.54, 1.807) is 30.5 Å². The summed E-state index contributed by atoms with van der Waals surface area (Å²) in [6.07, 6.45) is 0.889. The van der Waals surface area contributed by atoms with Gasteiger partial charge in [0.15, 0.2) is 6.23 Å². The zero-order valence-electron chi connectivity index (χ0n) is 19.2. The molecule has 174 valence electrons. The van der Waals surface area contributed by atoms with Crippen LogP contribution in [-0.4, -0.2) is 42.2 Å². The molecule has 9 nitrogen and oxygen atoms in total. The average molecular weight is 458 g/mol. The molecular weight excluding hydrogens is 430 g/mol. The molecule has 9 heteroatoms. The fourth-order valence-corrected chi connectivity index (χ4v) is 4.05. The van der Waals surface area contributed by atoms with Crippen molar-refractivity contribution >= 4 is 17.1 Å². The van der Waals surface area contributed by atoms with Gasteiger partial charge in [-0.3, -0.25) is 11.1 Å². The normalized spacial score (nSPS) is 14.4. The number of ether oxygens (including phenoxy) is 2. The molecule has 3 aromatic rings. The van der Waals surface area contributed by atoms with Crippen LogP contribution in [-0.2, 0) is 4.74 Å². The third kappa shape index (κ3) is 4.83. The van der Waals surface area contributed by atoms with Crippen LogP contribution in [0.5, 0.6) is 5.75 Å². The summed E-state index contributed by atoms with van der Waals surface area (Å²) in [6.45, 7) is 6.45. The molecule has 0 spiro atoms. The second-order valence-corrected chi connectivity index (χ2v) is 8.17. The lowest BCUT2D eigenvalue weighted by molar-refractivity contribution is 0.122. The Hall–Kier alpha value is -4.00. The Balaban J connectivity index is 1.64. The molecular formula is C25H27N7O2. The summed E-state index contributed by atoms with van der Waals surface area (Å²) in [6, 6.07) is 12.7. The van der Waals surface area contributed by atoms with Crippen molar-refractivity contribution in [2.75, 3.05) is 36.9 Å². The number of benzene rings is 2. The largest absolute Gasteiger partial charge is 0.471 e. The monoisotopic (exact) mass is 457 g/mol. The van der Waals surface area contributed by atoms with Crippen molar-refractivity contribution in [1.29, 1.82) is 10.7 Å². The molecule has 1 aromatic heterocycles. The first-order valence-electron chi connectivity index (χ1n) is 10.9. The minimum absolute atomic E-state index is 0.195. The molecule has 1 saturated heterocycles. The highest BCUT2D eigenvalue weighted by molar-refractivity contribution is 6.14. The van der Waals surface area contributed by atoms with Crippen LogP contribution < -0.4 is 21.1 Å². The molecule has 0 aliphatic carbocycles. The smallest absolute Gasteiger partial charge is 0.176 e. The number of aryl methyl sites for hydroxylation is 2. The topological polar surface area (TPSA) is 147 Å². The third-order valence-corrected chi connectivity index (χ3v) is 5.83. The van der Waals surface area contributed by atoms with Crippen LogP contribution in [0, 0.1) is 30.6 Å². The van der Waals surface area contributed by atoms with Crippen LogP contribution in [0.1, 0.15) is 39.7 Å². The quantitative estimate of drug-likeness (QED) is 0.291. The number of nitriles is 1. The molecule has 5 N–H and O–H groups in total. The number of aromatic nitrogens is 2. The fraction of sp³-hybridized carbons (Fsp3) is 0.280. The number of hydrogen-bond acceptors (Lipinski definition) is 9. The summed E-state index contributed by atoms with van der Waals surface area (Å²) < 4.78 is 11.4. The van der Waals surface area contributed by atoms with E-state index in [4.69, 9.17) is 26.4 Å². The number of nitrogens with two attached hydrogens (primary N) is 2. The van der Waals surface area contributed by atoms with E-state index >= 15 is 0 Å². The van der Waals surface area contributed by atoms with E-state index < -0.39 is 6.23 Å². The second-order valence-electron chi connectivity index (χ2n) is 8.17. The highest BCUT2D eigenvalue weighted by Crippen LogP contribution is 2.28. The molecule has 0 bridgehead atoms. The molecule has 34 heavy (non-hydrogen) atoms. The highest BCUT2D eigenvalue weighted by atomic mass is 16.5. The Morgan fingerprint density at radius 1 is 1.21 bits per heavy atom. The predicted octanol–water partition coefficient (Wildman–Crippen LogP) is 2.84. The number of rotatable bonds is 6. The van der Waals surface area contributed by atoms with E-state index in [0.717, 1.165) is 29.9 Å². The zero-order valence-corrected chi connectivity index (χ0v) is 19.2. The Bertz CT molecular complexity index is 1240. The first-order chi connectivity index (χ1) is 16.4. The van der Waals surface area contributed by atoms with Crippen molar-refractivity contribution in [3.63, 3.8) is 0 Å². The third-order valence-electron chi connectivity index (χ3n) is 5.83. The molecule has 1 fully saturated rings. The maximum Gasteiger partial charge on any atom is 0.176 e. The van der Waals surface area contributed by atoms with Crippen LogP contribution in [0.2, 0.25) is 0 Å². The molecule has 4 rings (SSSR count). The summed E-state index contributed by atoms with van der Waals surface area (Å²) in [5, 5.41) is 26.4. The molecule has 2 heterocycles. The maximum absolute atomic E-state index is 9.56. The van der Waals surface area contributed by atoms with Crippen LogP contribution in [0.4, 0.5) is 11.4 Å². The number of morpholine rings is 1. The lowest BCUT2D eigenvalue weighted by Crippen LogP contribution is -2.36. The van der Waals surface area contributed by atoms with Gasteiger partial charge in [0.2, 0.25) is 0 Å². The van der Waals surface area contributed by atoms with Crippen molar-refractivity contribution in [2.24, 2.45) is 5.73 Å². The van der Waals surface area contributed by atoms with E-state index in [1.807, 2.05) is 26.0 Å². The summed E-state index contributed by atoms with van der Waals surface area (Å²) in [4.78, 5) is 2.15. The molecule has 1 aliphatic rings. The van der Waals surface area contributed by atoms with E-state index in [1.165, 1.54) is 0 Å². The predicted molar refractivity (Wildman–Crippen MR) is 130 cm³/mol. The molecule has 1 aliphatic heterocycles. The highest BCUT2D eigenvalue weighted by Gasteiger charge is 2.19. The van der Waals surface area contributed by atoms with Crippen LogP contribution >= 0.6 is 0 Å². The number of hydrogen-bond donors (Lipinski definition) is 3. The van der Waals surface area contributed by atoms with Crippen molar-refractivity contribution in [2.45, 2.75) is 20.1 Å². The minimum Gasteiger partial charge on any atom is -0.471 e. The van der Waals surface area contributed by atoms with Gasteiger partial charge in [-0.05, 0) is 55.8 Å². The maximum atomic E-state index is 9.56. The average Bonchev–Trinajstić information content (AvgIpc) is 2.85. The lowest BCUT2D eigenvalue weighted by Gasteiger charge is -2.29. The molecule has 0 amide bonds. The molecule has 1 atom stereocenters. The van der Waals surface area contributed by atoms with Gasteiger partial charge in [0.25, 0.3) is 0 Å². The standard InChI is InChI=1S/C25H27N7O2/c1-15-14-30-31-16(2)23(15)25(29)34-20-3-4-22(27)21(12-20)24(28)18-9-17(13-26)10-19(11-18)32-5-7-33-8-6-32/h3-4,9-12,14,25,28H,5-8,27,29H2,1-2H3/t25-/m0/s1. The first-order valence-corrected chi connectivity index (χ1v) is 10.9. The number of nitrogen functional groups attached to an aromatic ring is 1. The van der Waals surface area contributed by atoms with Gasteiger partial charge in [-0.2, -0.15) is 15.5 Å². The SMILES string of the molecule is Cc1cnnc(C)c1[C@@H](N)Oc1ccc(N)c(C(=N)c2cc(C#N)cc(N3CCOCC3)c2)c1. The number of anilines is 2. The van der Waals surface area contributed by atoms with Gasteiger partial charge in [0.05, 0.1) is 42.4 Å². The van der Waals surface area contributed by atoms with Crippen molar-refractivity contribution in [1.82, 2.24) is 10.2 Å². The Kier molecular flexibility index (Phi) is 6.72. The van der Waals surface area contributed by atoms with Gasteiger partial charge < -0.3 is 20.1 Å². The van der Waals surface area contributed by atoms with E-state index in [-0.39, 0.29) is 5.71 Å². The summed E-state index contributed by atoms with van der Waals surface area (Å²) in [5.41, 5.74) is 18.0. The summed E-state index contributed by atoms with van der Waals surface area (Å²) in [7, 11) is 0. The fourth-order valence-electron chi connectivity index (χ4n) is 4.05.